The number of nitrogens with one attached hydrogen (secondary N) is 1. The summed E-state index contributed by atoms with van der Waals surface area (Å²) in [5.41, 5.74) is -0.298. The van der Waals surface area contributed by atoms with Crippen molar-refractivity contribution in [2.24, 2.45) is 22.7 Å². The normalized spacial score (nSPS) is 24.9. The van der Waals surface area contributed by atoms with Gasteiger partial charge in [0.15, 0.2) is 8.32 Å². The van der Waals surface area contributed by atoms with Crippen LogP contribution in [0.3, 0.4) is 0 Å². The Morgan fingerprint density at radius 1 is 1.21 bits per heavy atom. The molecule has 0 aliphatic carbocycles. The molecule has 3 unspecified atom stereocenters. The number of allylic oxidation sites excluding steroid dienone is 2. The number of carbonyl (C=O) groups excluding carboxylic acids is 2. The number of esters is 1. The first kappa shape index (κ1) is 30.9. The zero-order chi connectivity index (χ0) is 26.5. The van der Waals surface area contributed by atoms with Crippen LogP contribution in [-0.4, -0.2) is 44.1 Å². The van der Waals surface area contributed by atoms with E-state index < -0.39 is 31.7 Å². The van der Waals surface area contributed by atoms with Gasteiger partial charge in [0.2, 0.25) is 5.91 Å². The van der Waals surface area contributed by atoms with Gasteiger partial charge in [-0.25, -0.2) is 4.99 Å². The molecule has 3 atom stereocenters. The van der Waals surface area contributed by atoms with E-state index in [9.17, 15) is 9.59 Å². The van der Waals surface area contributed by atoms with E-state index in [-0.39, 0.29) is 40.4 Å². The summed E-state index contributed by atoms with van der Waals surface area (Å²) in [6.45, 7) is 20.5. The van der Waals surface area contributed by atoms with Gasteiger partial charge in [-0.05, 0) is 61.9 Å². The van der Waals surface area contributed by atoms with Crippen LogP contribution in [0.25, 0.3) is 0 Å². The van der Waals surface area contributed by atoms with Crippen LogP contribution in [0.15, 0.2) is 27.9 Å². The number of aliphatic imine (C=N–C) groups is 1. The van der Waals surface area contributed by atoms with Crippen LogP contribution in [0, 0.1) is 17.8 Å². The highest BCUT2D eigenvalue weighted by molar-refractivity contribution is 6.74. The van der Waals surface area contributed by atoms with E-state index in [1.54, 1.807) is 13.0 Å². The highest BCUT2D eigenvalue weighted by Crippen LogP contribution is 2.39. The summed E-state index contributed by atoms with van der Waals surface area (Å²) in [5, 5.41) is 3.51. The van der Waals surface area contributed by atoms with Gasteiger partial charge in [0.25, 0.3) is 0 Å². The molecule has 0 aromatic heterocycles. The lowest BCUT2D eigenvalue weighted by Crippen LogP contribution is -2.57. The molecule has 0 aromatic rings. The molecule has 1 N–H and O–H groups in total. The molecule has 6 nitrogen and oxygen atoms in total. The van der Waals surface area contributed by atoms with E-state index in [0.717, 1.165) is 0 Å². The fourth-order valence-corrected chi connectivity index (χ4v) is 5.02. The summed E-state index contributed by atoms with van der Waals surface area (Å²) in [6, 6.07) is 0. The standard InChI is InChI=1S/C25H42Cl2N2O4Si/c1-16(2)14-32-23(31)18(4)22(30)29-25(8,15-33-34(9,10)24(5,6)7)20-17(3)12-11-13-19(26)28-21(20)27/h11,13,16-18H,12,14-15H2,1-10H3,(H,29,30)/b13-11+,21-20+,28-19+. The Hall–Kier alpha value is -1.15. The molecule has 34 heavy (non-hydrogen) atoms. The predicted molar refractivity (Wildman–Crippen MR) is 144 cm³/mol. The van der Waals surface area contributed by atoms with Gasteiger partial charge in [0.1, 0.15) is 16.2 Å². The number of hydrogen-bond acceptors (Lipinski definition) is 5. The van der Waals surface area contributed by atoms with Crippen molar-refractivity contribution in [3.63, 3.8) is 0 Å². The lowest BCUT2D eigenvalue weighted by molar-refractivity contribution is -0.153. The molecule has 1 aliphatic heterocycles. The average Bonchev–Trinajstić information content (AvgIpc) is 2.68. The fraction of sp³-hybridized carbons (Fsp3) is 0.720. The number of carbonyl (C=O) groups is 2. The van der Waals surface area contributed by atoms with Crippen molar-refractivity contribution in [1.29, 1.82) is 0 Å². The smallest absolute Gasteiger partial charge is 0.318 e. The molecule has 194 valence electrons. The van der Waals surface area contributed by atoms with Crippen molar-refractivity contribution in [3.05, 3.63) is 22.9 Å². The molecule has 0 aromatic carbocycles. The van der Waals surface area contributed by atoms with Gasteiger partial charge in [-0.2, -0.15) is 0 Å². The van der Waals surface area contributed by atoms with Crippen molar-refractivity contribution >= 4 is 48.6 Å². The Morgan fingerprint density at radius 2 is 1.79 bits per heavy atom. The Bertz CT molecular complexity index is 846. The molecule has 0 radical (unpaired) electrons. The van der Waals surface area contributed by atoms with Gasteiger partial charge in [0, 0.05) is 0 Å². The van der Waals surface area contributed by atoms with E-state index in [1.807, 2.05) is 33.8 Å². The van der Waals surface area contributed by atoms with Crippen molar-refractivity contribution in [3.8, 4) is 0 Å². The number of ether oxygens (including phenoxy) is 1. The molecule has 0 saturated heterocycles. The molecule has 0 spiro atoms. The molecule has 1 aliphatic rings. The Labute approximate surface area is 216 Å². The highest BCUT2D eigenvalue weighted by Gasteiger charge is 2.43. The average molecular weight is 534 g/mol. The first-order chi connectivity index (χ1) is 15.4. The first-order valence-corrected chi connectivity index (χ1v) is 15.5. The van der Waals surface area contributed by atoms with Crippen LogP contribution >= 0.6 is 23.2 Å². The molecular weight excluding hydrogens is 491 g/mol. The van der Waals surface area contributed by atoms with E-state index in [4.69, 9.17) is 32.4 Å². The third-order valence-corrected chi connectivity index (χ3v) is 11.5. The van der Waals surface area contributed by atoms with Gasteiger partial charge in [0.05, 0.1) is 18.8 Å². The maximum absolute atomic E-state index is 13.2. The van der Waals surface area contributed by atoms with Crippen molar-refractivity contribution < 1.29 is 18.8 Å². The number of amides is 1. The minimum absolute atomic E-state index is 0.0270. The second-order valence-electron chi connectivity index (χ2n) is 11.3. The number of rotatable bonds is 9. The maximum Gasteiger partial charge on any atom is 0.318 e. The summed E-state index contributed by atoms with van der Waals surface area (Å²) in [4.78, 5) is 30.0. The lowest BCUT2D eigenvalue weighted by Gasteiger charge is -2.42. The van der Waals surface area contributed by atoms with E-state index >= 15 is 0 Å². The molecule has 0 bridgehead atoms. The third kappa shape index (κ3) is 8.50. The van der Waals surface area contributed by atoms with E-state index in [2.05, 4.69) is 44.2 Å². The molecule has 1 amide bonds. The van der Waals surface area contributed by atoms with Crippen LogP contribution in [0.5, 0.6) is 0 Å². The highest BCUT2D eigenvalue weighted by atomic mass is 35.5. The maximum atomic E-state index is 13.2. The number of nitrogens with zero attached hydrogens (tertiary/aromatic N) is 1. The van der Waals surface area contributed by atoms with Gasteiger partial charge in [-0.1, -0.05) is 70.8 Å². The first-order valence-electron chi connectivity index (χ1n) is 11.8. The van der Waals surface area contributed by atoms with Crippen LogP contribution in [-0.2, 0) is 18.8 Å². The summed E-state index contributed by atoms with van der Waals surface area (Å²) >= 11 is 12.9. The molecule has 0 saturated carbocycles. The fourth-order valence-electron chi connectivity index (χ4n) is 3.24. The zero-order valence-electron chi connectivity index (χ0n) is 22.3. The van der Waals surface area contributed by atoms with Crippen molar-refractivity contribution in [2.75, 3.05) is 13.2 Å². The molecule has 1 rings (SSSR count). The van der Waals surface area contributed by atoms with Gasteiger partial charge in [-0.3, -0.25) is 9.59 Å². The van der Waals surface area contributed by atoms with E-state index in [0.29, 0.717) is 12.0 Å². The second-order valence-corrected chi connectivity index (χ2v) is 16.8. The predicted octanol–water partition coefficient (Wildman–Crippen LogP) is 6.40. The molecule has 1 heterocycles. The minimum atomic E-state index is -2.17. The summed E-state index contributed by atoms with van der Waals surface area (Å²) in [6.07, 6.45) is 4.31. The Morgan fingerprint density at radius 3 is 2.32 bits per heavy atom. The van der Waals surface area contributed by atoms with Crippen LogP contribution < -0.4 is 5.32 Å². The molecular formula is C25H42Cl2N2O4Si. The lowest BCUT2D eigenvalue weighted by atomic mass is 9.82. The Kier molecular flexibility index (Phi) is 11.1. The number of hydrogen-bond donors (Lipinski definition) is 1. The summed E-state index contributed by atoms with van der Waals surface area (Å²) < 4.78 is 11.8. The van der Waals surface area contributed by atoms with Gasteiger partial charge < -0.3 is 14.5 Å². The van der Waals surface area contributed by atoms with Crippen LogP contribution in [0.2, 0.25) is 18.1 Å². The second kappa shape index (κ2) is 12.2. The van der Waals surface area contributed by atoms with Gasteiger partial charge in [-0.15, -0.1) is 0 Å². The van der Waals surface area contributed by atoms with Crippen molar-refractivity contribution in [1.82, 2.24) is 5.32 Å². The minimum Gasteiger partial charge on any atom is -0.465 e. The zero-order valence-corrected chi connectivity index (χ0v) is 24.9. The SMILES string of the molecule is CC(C)COC(=O)C(C)C(=O)NC(C)(CO[Si](C)(C)C(C)(C)C)/C1=C(Cl)/N=C(Cl)\C=C\CC1C. The van der Waals surface area contributed by atoms with E-state index in [1.165, 1.54) is 0 Å². The molecule has 0 fully saturated rings. The third-order valence-electron chi connectivity index (χ3n) is 6.49. The van der Waals surface area contributed by atoms with Crippen molar-refractivity contribution in [2.45, 2.75) is 85.5 Å². The summed E-state index contributed by atoms with van der Waals surface area (Å²) in [5.74, 6) is -1.87. The van der Waals surface area contributed by atoms with Crippen LogP contribution in [0.4, 0.5) is 0 Å². The Balaban J connectivity index is 3.39. The number of halogens is 2. The molecule has 9 heteroatoms. The van der Waals surface area contributed by atoms with Crippen LogP contribution in [0.1, 0.15) is 61.8 Å². The summed E-state index contributed by atoms with van der Waals surface area (Å²) in [7, 11) is -2.17. The monoisotopic (exact) mass is 532 g/mol. The topological polar surface area (TPSA) is 77.0 Å². The quantitative estimate of drug-likeness (QED) is 0.161. The van der Waals surface area contributed by atoms with Gasteiger partial charge >= 0.3 is 5.97 Å². The largest absolute Gasteiger partial charge is 0.465 e.